The second-order valence-corrected chi connectivity index (χ2v) is 3.38. The largest absolute Gasteiger partial charge is 0.370 e. The zero-order chi connectivity index (χ0) is 8.04. The van der Waals surface area contributed by atoms with Gasteiger partial charge in [-0.25, -0.2) is 0 Å². The van der Waals surface area contributed by atoms with Crippen molar-refractivity contribution in [3.63, 3.8) is 0 Å². The fraction of sp³-hybridized carbons (Fsp3) is 1.00. The van der Waals surface area contributed by atoms with E-state index in [1.165, 1.54) is 6.42 Å². The Hall–Kier alpha value is -0.0800. The van der Waals surface area contributed by atoms with Crippen LogP contribution in [0.3, 0.4) is 0 Å². The number of hydrogen-bond donors (Lipinski definition) is 1. The van der Waals surface area contributed by atoms with Crippen molar-refractivity contribution in [3.8, 4) is 0 Å². The van der Waals surface area contributed by atoms with E-state index in [2.05, 4.69) is 26.1 Å². The maximum atomic E-state index is 4.87. The molecule has 0 aliphatic carbocycles. The van der Waals surface area contributed by atoms with Crippen molar-refractivity contribution in [2.24, 2.45) is 5.41 Å². The second kappa shape index (κ2) is 4.69. The Bertz CT molecular complexity index is 81.3. The summed E-state index contributed by atoms with van der Waals surface area (Å²) in [5.41, 5.74) is 0.401. The third-order valence-corrected chi connectivity index (χ3v) is 1.81. The summed E-state index contributed by atoms with van der Waals surface area (Å²) in [5, 5.41) is 3.20. The molecular formula is C8H19NO. The Morgan fingerprint density at radius 1 is 1.40 bits per heavy atom. The van der Waals surface area contributed by atoms with E-state index in [-0.39, 0.29) is 0 Å². The van der Waals surface area contributed by atoms with E-state index in [1.807, 2.05) is 0 Å². The molecule has 0 saturated heterocycles. The Labute approximate surface area is 64.0 Å². The topological polar surface area (TPSA) is 21.3 Å². The van der Waals surface area contributed by atoms with Gasteiger partial charge in [0.1, 0.15) is 0 Å². The molecule has 62 valence electrons. The summed E-state index contributed by atoms with van der Waals surface area (Å²) in [5.74, 6) is 0. The minimum absolute atomic E-state index is 0.401. The molecule has 2 heteroatoms. The minimum atomic E-state index is 0.401. The molecule has 0 bridgehead atoms. The highest BCUT2D eigenvalue weighted by Gasteiger charge is 2.13. The first kappa shape index (κ1) is 9.92. The van der Waals surface area contributed by atoms with Gasteiger partial charge in [-0.15, -0.1) is 0 Å². The molecule has 0 spiro atoms. The zero-order valence-electron chi connectivity index (χ0n) is 7.53. The molecule has 0 aromatic rings. The molecule has 10 heavy (non-hydrogen) atoms. The molecule has 2 nitrogen and oxygen atoms in total. The zero-order valence-corrected chi connectivity index (χ0v) is 7.53. The molecule has 0 radical (unpaired) electrons. The van der Waals surface area contributed by atoms with Gasteiger partial charge in [0.15, 0.2) is 0 Å². The third-order valence-electron chi connectivity index (χ3n) is 1.81. The molecule has 0 heterocycles. The summed E-state index contributed by atoms with van der Waals surface area (Å²) >= 11 is 0. The third kappa shape index (κ3) is 4.77. The predicted molar refractivity (Wildman–Crippen MR) is 44.0 cm³/mol. The first-order valence-corrected chi connectivity index (χ1v) is 3.82. The van der Waals surface area contributed by atoms with Gasteiger partial charge in [-0.2, -0.15) is 0 Å². The Morgan fingerprint density at radius 3 is 2.40 bits per heavy atom. The molecule has 0 atom stereocenters. The number of rotatable bonds is 5. The standard InChI is InChI=1S/C8H19NO/c1-5-8(2,3)6-9-7-10-4/h9H,5-7H2,1-4H3. The fourth-order valence-corrected chi connectivity index (χ4v) is 0.616. The van der Waals surface area contributed by atoms with Crippen molar-refractivity contribution in [1.82, 2.24) is 5.32 Å². The molecule has 0 rings (SSSR count). The SMILES string of the molecule is CCC(C)(C)CNCOC. The van der Waals surface area contributed by atoms with E-state index in [0.29, 0.717) is 12.1 Å². The number of ether oxygens (including phenoxy) is 1. The fourth-order valence-electron chi connectivity index (χ4n) is 0.616. The lowest BCUT2D eigenvalue weighted by molar-refractivity contribution is 0.159. The van der Waals surface area contributed by atoms with Crippen molar-refractivity contribution in [2.75, 3.05) is 20.4 Å². The normalized spacial score (nSPS) is 12.0. The Morgan fingerprint density at radius 2 is 2.00 bits per heavy atom. The summed E-state index contributed by atoms with van der Waals surface area (Å²) < 4.78 is 4.87. The van der Waals surface area contributed by atoms with Gasteiger partial charge in [-0.1, -0.05) is 20.8 Å². The van der Waals surface area contributed by atoms with Gasteiger partial charge in [0.05, 0.1) is 6.73 Å². The highest BCUT2D eigenvalue weighted by molar-refractivity contribution is 4.67. The van der Waals surface area contributed by atoms with Crippen LogP contribution in [0.4, 0.5) is 0 Å². The average molecular weight is 145 g/mol. The molecule has 0 aliphatic rings. The van der Waals surface area contributed by atoms with Crippen LogP contribution in [0, 0.1) is 5.41 Å². The van der Waals surface area contributed by atoms with E-state index in [0.717, 1.165) is 6.54 Å². The number of nitrogens with one attached hydrogen (secondary N) is 1. The van der Waals surface area contributed by atoms with Crippen molar-refractivity contribution >= 4 is 0 Å². The lowest BCUT2D eigenvalue weighted by Gasteiger charge is -2.22. The summed E-state index contributed by atoms with van der Waals surface area (Å²) in [7, 11) is 1.70. The summed E-state index contributed by atoms with van der Waals surface area (Å²) in [6.07, 6.45) is 1.20. The molecule has 0 saturated carbocycles. The average Bonchev–Trinajstić information content (AvgIpc) is 1.89. The maximum absolute atomic E-state index is 4.87. The number of methoxy groups -OCH3 is 1. The van der Waals surface area contributed by atoms with Crippen LogP contribution in [0.15, 0.2) is 0 Å². The van der Waals surface area contributed by atoms with Crippen LogP contribution in [0.25, 0.3) is 0 Å². The molecule has 0 unspecified atom stereocenters. The molecular weight excluding hydrogens is 126 g/mol. The minimum Gasteiger partial charge on any atom is -0.370 e. The second-order valence-electron chi connectivity index (χ2n) is 3.38. The smallest absolute Gasteiger partial charge is 0.0961 e. The van der Waals surface area contributed by atoms with Crippen LogP contribution in [0.2, 0.25) is 0 Å². The summed E-state index contributed by atoms with van der Waals surface area (Å²) in [4.78, 5) is 0. The lowest BCUT2D eigenvalue weighted by Crippen LogP contribution is -2.29. The van der Waals surface area contributed by atoms with Crippen LogP contribution in [-0.4, -0.2) is 20.4 Å². The van der Waals surface area contributed by atoms with Crippen molar-refractivity contribution in [2.45, 2.75) is 27.2 Å². The molecule has 0 amide bonds. The van der Waals surface area contributed by atoms with Crippen molar-refractivity contribution in [1.29, 1.82) is 0 Å². The van der Waals surface area contributed by atoms with Crippen LogP contribution in [-0.2, 0) is 4.74 Å². The van der Waals surface area contributed by atoms with Crippen LogP contribution in [0.5, 0.6) is 0 Å². The van der Waals surface area contributed by atoms with Gasteiger partial charge in [0.2, 0.25) is 0 Å². The maximum Gasteiger partial charge on any atom is 0.0961 e. The van der Waals surface area contributed by atoms with E-state index in [4.69, 9.17) is 4.74 Å². The van der Waals surface area contributed by atoms with E-state index < -0.39 is 0 Å². The lowest BCUT2D eigenvalue weighted by atomic mass is 9.90. The van der Waals surface area contributed by atoms with Gasteiger partial charge >= 0.3 is 0 Å². The van der Waals surface area contributed by atoms with E-state index >= 15 is 0 Å². The molecule has 1 N–H and O–H groups in total. The van der Waals surface area contributed by atoms with Gasteiger partial charge in [0.25, 0.3) is 0 Å². The summed E-state index contributed by atoms with van der Waals surface area (Å²) in [6, 6.07) is 0. The molecule has 0 fully saturated rings. The first-order chi connectivity index (χ1) is 4.62. The predicted octanol–water partition coefficient (Wildman–Crippen LogP) is 1.62. The van der Waals surface area contributed by atoms with Gasteiger partial charge in [-0.05, 0) is 11.8 Å². The van der Waals surface area contributed by atoms with E-state index in [1.54, 1.807) is 7.11 Å². The van der Waals surface area contributed by atoms with Gasteiger partial charge in [-0.3, -0.25) is 5.32 Å². The van der Waals surface area contributed by atoms with Gasteiger partial charge < -0.3 is 4.74 Å². The quantitative estimate of drug-likeness (QED) is 0.469. The van der Waals surface area contributed by atoms with Crippen molar-refractivity contribution < 1.29 is 4.74 Å². The Balaban J connectivity index is 3.28. The molecule has 0 aromatic heterocycles. The Kier molecular flexibility index (Phi) is 4.65. The number of hydrogen-bond acceptors (Lipinski definition) is 2. The van der Waals surface area contributed by atoms with Gasteiger partial charge in [0, 0.05) is 13.7 Å². The molecule has 0 aliphatic heterocycles. The summed E-state index contributed by atoms with van der Waals surface area (Å²) in [6.45, 7) is 8.38. The van der Waals surface area contributed by atoms with E-state index in [9.17, 15) is 0 Å². The van der Waals surface area contributed by atoms with Crippen molar-refractivity contribution in [3.05, 3.63) is 0 Å². The highest BCUT2D eigenvalue weighted by Crippen LogP contribution is 2.17. The monoisotopic (exact) mass is 145 g/mol. The highest BCUT2D eigenvalue weighted by atomic mass is 16.5. The molecule has 0 aromatic carbocycles. The van der Waals surface area contributed by atoms with Crippen LogP contribution in [0.1, 0.15) is 27.2 Å². The van der Waals surface area contributed by atoms with Crippen LogP contribution >= 0.6 is 0 Å². The van der Waals surface area contributed by atoms with Crippen LogP contribution < -0.4 is 5.32 Å². The first-order valence-electron chi connectivity index (χ1n) is 3.82.